The monoisotopic (exact) mass is 247 g/mol. The minimum atomic E-state index is 0.0775. The molecule has 1 atom stereocenters. The third-order valence-electron chi connectivity index (χ3n) is 3.49. The van der Waals surface area contributed by atoms with Crippen molar-refractivity contribution in [2.75, 3.05) is 13.2 Å². The van der Waals surface area contributed by atoms with Gasteiger partial charge in [-0.25, -0.2) is 0 Å². The zero-order chi connectivity index (χ0) is 13.0. The molecule has 3 heteroatoms. The van der Waals surface area contributed by atoms with Gasteiger partial charge in [0.25, 0.3) is 0 Å². The zero-order valence-corrected chi connectivity index (χ0v) is 11.2. The Morgan fingerprint density at radius 1 is 1.39 bits per heavy atom. The highest BCUT2D eigenvalue weighted by Gasteiger charge is 2.16. The maximum absolute atomic E-state index is 11.8. The van der Waals surface area contributed by atoms with E-state index in [0.29, 0.717) is 13.0 Å². The van der Waals surface area contributed by atoms with Crippen LogP contribution in [0.4, 0.5) is 0 Å². The molecule has 0 aliphatic carbocycles. The van der Waals surface area contributed by atoms with Gasteiger partial charge >= 0.3 is 0 Å². The summed E-state index contributed by atoms with van der Waals surface area (Å²) in [4.78, 5) is 11.8. The van der Waals surface area contributed by atoms with Crippen molar-refractivity contribution in [2.24, 2.45) is 0 Å². The third kappa shape index (κ3) is 3.57. The Balaban J connectivity index is 1.80. The van der Waals surface area contributed by atoms with E-state index in [9.17, 15) is 4.79 Å². The lowest BCUT2D eigenvalue weighted by Crippen LogP contribution is -2.32. The third-order valence-corrected chi connectivity index (χ3v) is 3.49. The molecule has 1 aromatic carbocycles. The minimum absolute atomic E-state index is 0.0775. The van der Waals surface area contributed by atoms with E-state index in [4.69, 9.17) is 4.74 Å². The lowest BCUT2D eigenvalue weighted by Gasteiger charge is -2.11. The molecule has 1 fully saturated rings. The number of carbonyl (C=O) groups is 1. The highest BCUT2D eigenvalue weighted by atomic mass is 16.5. The van der Waals surface area contributed by atoms with Crippen LogP contribution in [0.15, 0.2) is 18.2 Å². The van der Waals surface area contributed by atoms with Crippen molar-refractivity contribution in [3.8, 4) is 0 Å². The van der Waals surface area contributed by atoms with E-state index >= 15 is 0 Å². The summed E-state index contributed by atoms with van der Waals surface area (Å²) >= 11 is 0. The molecule has 1 aliphatic rings. The number of hydrogen-bond acceptors (Lipinski definition) is 2. The Morgan fingerprint density at radius 3 is 2.89 bits per heavy atom. The van der Waals surface area contributed by atoms with E-state index in [1.54, 1.807) is 0 Å². The van der Waals surface area contributed by atoms with Crippen LogP contribution in [-0.4, -0.2) is 25.2 Å². The van der Waals surface area contributed by atoms with Crippen LogP contribution in [0.1, 0.15) is 29.5 Å². The molecule has 3 nitrogen and oxygen atoms in total. The second-order valence-corrected chi connectivity index (χ2v) is 5.03. The normalized spacial score (nSPS) is 18.9. The van der Waals surface area contributed by atoms with E-state index in [1.165, 1.54) is 11.1 Å². The molecule has 18 heavy (non-hydrogen) atoms. The quantitative estimate of drug-likeness (QED) is 0.885. The van der Waals surface area contributed by atoms with Crippen LogP contribution < -0.4 is 5.32 Å². The largest absolute Gasteiger partial charge is 0.376 e. The first-order chi connectivity index (χ1) is 8.65. The number of amides is 1. The fourth-order valence-electron chi connectivity index (χ4n) is 2.19. The molecule has 98 valence electrons. The first-order valence-electron chi connectivity index (χ1n) is 6.59. The Morgan fingerprint density at radius 2 is 2.22 bits per heavy atom. The summed E-state index contributed by atoms with van der Waals surface area (Å²) in [7, 11) is 0. The fourth-order valence-corrected chi connectivity index (χ4v) is 2.19. The van der Waals surface area contributed by atoms with Gasteiger partial charge in [0.2, 0.25) is 5.91 Å². The molecule has 0 aromatic heterocycles. The number of benzene rings is 1. The smallest absolute Gasteiger partial charge is 0.224 e. The summed E-state index contributed by atoms with van der Waals surface area (Å²) in [5, 5.41) is 2.94. The summed E-state index contributed by atoms with van der Waals surface area (Å²) in [5.74, 6) is 0.0775. The van der Waals surface area contributed by atoms with Crippen molar-refractivity contribution in [1.29, 1.82) is 0 Å². The van der Waals surface area contributed by atoms with Crippen LogP contribution in [0.5, 0.6) is 0 Å². The van der Waals surface area contributed by atoms with Crippen LogP contribution in [0.25, 0.3) is 0 Å². The molecule has 1 heterocycles. The van der Waals surface area contributed by atoms with Crippen LogP contribution >= 0.6 is 0 Å². The summed E-state index contributed by atoms with van der Waals surface area (Å²) in [6.07, 6.45) is 2.84. The minimum Gasteiger partial charge on any atom is -0.376 e. The van der Waals surface area contributed by atoms with Crippen LogP contribution in [0.3, 0.4) is 0 Å². The first-order valence-corrected chi connectivity index (χ1v) is 6.59. The second-order valence-electron chi connectivity index (χ2n) is 5.03. The molecule has 2 rings (SSSR count). The van der Waals surface area contributed by atoms with E-state index in [2.05, 4.69) is 31.3 Å². The van der Waals surface area contributed by atoms with Crippen molar-refractivity contribution in [1.82, 2.24) is 5.32 Å². The van der Waals surface area contributed by atoms with E-state index in [1.807, 2.05) is 6.07 Å². The number of ether oxygens (including phenoxy) is 1. The molecule has 0 bridgehead atoms. The zero-order valence-electron chi connectivity index (χ0n) is 11.2. The van der Waals surface area contributed by atoms with Gasteiger partial charge in [-0.05, 0) is 43.4 Å². The highest BCUT2D eigenvalue weighted by molar-refractivity contribution is 5.78. The first kappa shape index (κ1) is 13.1. The number of carbonyl (C=O) groups excluding carboxylic acids is 1. The Hall–Kier alpha value is -1.35. The Bertz CT molecular complexity index is 423. The lowest BCUT2D eigenvalue weighted by molar-refractivity contribution is -0.120. The molecule has 1 N–H and O–H groups in total. The van der Waals surface area contributed by atoms with Crippen molar-refractivity contribution in [3.05, 3.63) is 34.9 Å². The molecule has 0 saturated carbocycles. The van der Waals surface area contributed by atoms with Gasteiger partial charge in [-0.3, -0.25) is 4.79 Å². The molecule has 0 radical (unpaired) electrons. The molecular formula is C15H21NO2. The SMILES string of the molecule is Cc1ccc(CC(=O)NC[C@@H]2CCCO2)cc1C. The Labute approximate surface area is 109 Å². The average Bonchev–Trinajstić information content (AvgIpc) is 2.84. The van der Waals surface area contributed by atoms with Gasteiger partial charge in [0.05, 0.1) is 12.5 Å². The van der Waals surface area contributed by atoms with E-state index in [-0.39, 0.29) is 12.0 Å². The van der Waals surface area contributed by atoms with Gasteiger partial charge in [0, 0.05) is 13.2 Å². The van der Waals surface area contributed by atoms with Crippen LogP contribution in [0, 0.1) is 13.8 Å². The molecular weight excluding hydrogens is 226 g/mol. The molecule has 0 unspecified atom stereocenters. The summed E-state index contributed by atoms with van der Waals surface area (Å²) in [5.41, 5.74) is 3.57. The van der Waals surface area contributed by atoms with Crippen molar-refractivity contribution >= 4 is 5.91 Å². The maximum Gasteiger partial charge on any atom is 0.224 e. The molecule has 1 aromatic rings. The summed E-state index contributed by atoms with van der Waals surface area (Å²) < 4.78 is 5.47. The standard InChI is InChI=1S/C15H21NO2/c1-11-5-6-13(8-12(11)2)9-15(17)16-10-14-4-3-7-18-14/h5-6,8,14H,3-4,7,9-10H2,1-2H3,(H,16,17)/t14-/m0/s1. The van der Waals surface area contributed by atoms with Gasteiger partial charge in [0.15, 0.2) is 0 Å². The molecule has 1 amide bonds. The summed E-state index contributed by atoms with van der Waals surface area (Å²) in [6.45, 7) is 5.63. The van der Waals surface area contributed by atoms with Crippen LogP contribution in [-0.2, 0) is 16.0 Å². The molecule has 1 aliphatic heterocycles. The topological polar surface area (TPSA) is 38.3 Å². The number of aryl methyl sites for hydroxylation is 2. The molecule has 0 spiro atoms. The van der Waals surface area contributed by atoms with Crippen molar-refractivity contribution < 1.29 is 9.53 Å². The van der Waals surface area contributed by atoms with Crippen LogP contribution in [0.2, 0.25) is 0 Å². The predicted octanol–water partition coefficient (Wildman–Crippen LogP) is 2.14. The number of rotatable bonds is 4. The van der Waals surface area contributed by atoms with Gasteiger partial charge in [0.1, 0.15) is 0 Å². The van der Waals surface area contributed by atoms with Gasteiger partial charge in [-0.1, -0.05) is 18.2 Å². The highest BCUT2D eigenvalue weighted by Crippen LogP contribution is 2.12. The Kier molecular flexibility index (Phi) is 4.37. The number of nitrogens with one attached hydrogen (secondary N) is 1. The van der Waals surface area contributed by atoms with Gasteiger partial charge in [-0.15, -0.1) is 0 Å². The maximum atomic E-state index is 11.8. The van der Waals surface area contributed by atoms with E-state index < -0.39 is 0 Å². The van der Waals surface area contributed by atoms with Gasteiger partial charge in [-0.2, -0.15) is 0 Å². The lowest BCUT2D eigenvalue weighted by atomic mass is 10.0. The fraction of sp³-hybridized carbons (Fsp3) is 0.533. The van der Waals surface area contributed by atoms with Crippen molar-refractivity contribution in [2.45, 2.75) is 39.2 Å². The van der Waals surface area contributed by atoms with E-state index in [0.717, 1.165) is 25.0 Å². The van der Waals surface area contributed by atoms with Crippen molar-refractivity contribution in [3.63, 3.8) is 0 Å². The molecule has 1 saturated heterocycles. The number of hydrogen-bond donors (Lipinski definition) is 1. The average molecular weight is 247 g/mol. The predicted molar refractivity (Wildman–Crippen MR) is 71.6 cm³/mol. The van der Waals surface area contributed by atoms with Gasteiger partial charge < -0.3 is 10.1 Å². The summed E-state index contributed by atoms with van der Waals surface area (Å²) in [6, 6.07) is 6.17. The second kappa shape index (κ2) is 6.01.